The molecule has 0 unspecified atom stereocenters. The van der Waals surface area contributed by atoms with Crippen molar-refractivity contribution >= 4 is 45.8 Å². The lowest BCUT2D eigenvalue weighted by Crippen LogP contribution is -2.47. The normalized spacial score (nSPS) is 14.3. The molecule has 1 heterocycles. The van der Waals surface area contributed by atoms with Gasteiger partial charge in [-0.15, -0.1) is 12.4 Å². The summed E-state index contributed by atoms with van der Waals surface area (Å²) in [5.74, 6) is -0.355. The zero-order valence-electron chi connectivity index (χ0n) is 12.6. The number of anilines is 1. The molecule has 0 radical (unpaired) electrons. The zero-order chi connectivity index (χ0) is 15.6. The number of carbonyl (C=O) groups excluding carboxylic acids is 2. The second kappa shape index (κ2) is 7.94. The Kier molecular flexibility index (Phi) is 6.84. The average molecular weight is 391 g/mol. The molecule has 0 aromatic heterocycles. The number of benzene rings is 1. The van der Waals surface area contributed by atoms with Gasteiger partial charge in [-0.3, -0.25) is 9.59 Å². The number of hydrogen-bond acceptors (Lipinski definition) is 3. The lowest BCUT2D eigenvalue weighted by molar-refractivity contribution is -0.126. The monoisotopic (exact) mass is 389 g/mol. The Bertz CT molecular complexity index is 566. The summed E-state index contributed by atoms with van der Waals surface area (Å²) < 4.78 is 0.937. The smallest absolute Gasteiger partial charge is 0.246 e. The van der Waals surface area contributed by atoms with Crippen LogP contribution in [-0.4, -0.2) is 30.9 Å². The van der Waals surface area contributed by atoms with E-state index in [1.165, 1.54) is 0 Å². The molecule has 1 atom stereocenters. The fourth-order valence-corrected chi connectivity index (χ4v) is 2.64. The van der Waals surface area contributed by atoms with Crippen LogP contribution in [0.25, 0.3) is 0 Å². The summed E-state index contributed by atoms with van der Waals surface area (Å²) in [5, 5.41) is 2.62. The minimum Gasteiger partial charge on any atom is -0.346 e. The second-order valence-corrected chi connectivity index (χ2v) is 6.47. The van der Waals surface area contributed by atoms with Crippen molar-refractivity contribution in [1.29, 1.82) is 0 Å². The van der Waals surface area contributed by atoms with E-state index in [4.69, 9.17) is 5.73 Å². The highest BCUT2D eigenvalue weighted by molar-refractivity contribution is 9.10. The van der Waals surface area contributed by atoms with Crippen molar-refractivity contribution in [3.63, 3.8) is 0 Å². The van der Waals surface area contributed by atoms with Crippen LogP contribution in [0, 0.1) is 5.92 Å². The van der Waals surface area contributed by atoms with Gasteiger partial charge < -0.3 is 16.0 Å². The summed E-state index contributed by atoms with van der Waals surface area (Å²) in [6, 6.07) is 5.33. The number of nitrogens with two attached hydrogens (primary N) is 1. The number of halogens is 2. The van der Waals surface area contributed by atoms with Crippen molar-refractivity contribution in [3.8, 4) is 0 Å². The molecular formula is C15H21BrClN3O2. The molecule has 1 aromatic carbocycles. The maximum absolute atomic E-state index is 12.3. The van der Waals surface area contributed by atoms with Gasteiger partial charge in [-0.2, -0.15) is 0 Å². The highest BCUT2D eigenvalue weighted by atomic mass is 79.9. The number of hydrogen-bond donors (Lipinski definition) is 2. The molecule has 0 saturated heterocycles. The quantitative estimate of drug-likeness (QED) is 0.824. The second-order valence-electron chi connectivity index (χ2n) is 5.56. The fourth-order valence-electron chi connectivity index (χ4n) is 2.29. The summed E-state index contributed by atoms with van der Waals surface area (Å²) >= 11 is 3.41. The molecule has 0 bridgehead atoms. The first kappa shape index (κ1) is 18.9. The summed E-state index contributed by atoms with van der Waals surface area (Å²) in [6.45, 7) is 4.38. The number of nitrogens with one attached hydrogen (secondary N) is 1. The molecule has 0 spiro atoms. The van der Waals surface area contributed by atoms with Gasteiger partial charge in [-0.25, -0.2) is 0 Å². The van der Waals surface area contributed by atoms with Crippen LogP contribution in [0.3, 0.4) is 0 Å². The highest BCUT2D eigenvalue weighted by Crippen LogP contribution is 2.30. The van der Waals surface area contributed by atoms with E-state index < -0.39 is 6.04 Å². The van der Waals surface area contributed by atoms with E-state index in [1.54, 1.807) is 4.90 Å². The molecule has 3 N–H and O–H groups in total. The van der Waals surface area contributed by atoms with Gasteiger partial charge >= 0.3 is 0 Å². The van der Waals surface area contributed by atoms with Crippen LogP contribution >= 0.6 is 28.3 Å². The van der Waals surface area contributed by atoms with Crippen LogP contribution in [0.2, 0.25) is 0 Å². The lowest BCUT2D eigenvalue weighted by atomic mass is 10.1. The maximum atomic E-state index is 12.3. The van der Waals surface area contributed by atoms with Crippen LogP contribution in [0.5, 0.6) is 0 Å². The summed E-state index contributed by atoms with van der Waals surface area (Å²) in [6.07, 6.45) is 0.841. The third-order valence-corrected chi connectivity index (χ3v) is 4.17. The molecule has 2 rings (SSSR count). The third kappa shape index (κ3) is 4.21. The van der Waals surface area contributed by atoms with E-state index in [9.17, 15) is 9.59 Å². The van der Waals surface area contributed by atoms with Crippen molar-refractivity contribution < 1.29 is 9.59 Å². The molecule has 5 nitrogen and oxygen atoms in total. The molecule has 0 saturated carbocycles. The summed E-state index contributed by atoms with van der Waals surface area (Å²) in [4.78, 5) is 25.8. The molecule has 0 aliphatic carbocycles. The Balaban J connectivity index is 0.00000242. The Morgan fingerprint density at radius 1 is 1.41 bits per heavy atom. The van der Waals surface area contributed by atoms with Crippen LogP contribution in [0.1, 0.15) is 19.4 Å². The van der Waals surface area contributed by atoms with E-state index in [0.717, 1.165) is 22.1 Å². The lowest BCUT2D eigenvalue weighted by Gasteiger charge is -2.19. The number of amides is 2. The van der Waals surface area contributed by atoms with E-state index in [-0.39, 0.29) is 36.7 Å². The predicted molar refractivity (Wildman–Crippen MR) is 93.3 cm³/mol. The maximum Gasteiger partial charge on any atom is 0.246 e. The van der Waals surface area contributed by atoms with Crippen LogP contribution < -0.4 is 16.0 Å². The topological polar surface area (TPSA) is 75.4 Å². The molecule has 0 fully saturated rings. The van der Waals surface area contributed by atoms with Crippen molar-refractivity contribution in [3.05, 3.63) is 28.2 Å². The predicted octanol–water partition coefficient (Wildman–Crippen LogP) is 1.86. The fraction of sp³-hybridized carbons (Fsp3) is 0.467. The third-order valence-electron chi connectivity index (χ3n) is 3.68. The number of nitrogens with zero attached hydrogens (tertiary/aromatic N) is 1. The Morgan fingerprint density at radius 3 is 2.73 bits per heavy atom. The SMILES string of the molecule is CC(C)[C@H](N)C(=O)NCC(=O)N1CCc2ccc(Br)cc21.Cl. The molecule has 1 aromatic rings. The van der Waals surface area contributed by atoms with Crippen molar-refractivity contribution in [1.82, 2.24) is 5.32 Å². The van der Waals surface area contributed by atoms with Gasteiger partial charge in [-0.05, 0) is 30.0 Å². The molecule has 22 heavy (non-hydrogen) atoms. The van der Waals surface area contributed by atoms with E-state index in [1.807, 2.05) is 32.0 Å². The summed E-state index contributed by atoms with van der Waals surface area (Å²) in [5.41, 5.74) is 7.82. The average Bonchev–Trinajstić information content (AvgIpc) is 2.86. The van der Waals surface area contributed by atoms with Gasteiger partial charge in [0.25, 0.3) is 0 Å². The van der Waals surface area contributed by atoms with E-state index in [2.05, 4.69) is 21.2 Å². The van der Waals surface area contributed by atoms with Crippen LogP contribution in [0.4, 0.5) is 5.69 Å². The molecule has 1 aliphatic rings. The highest BCUT2D eigenvalue weighted by Gasteiger charge is 2.25. The Labute approximate surface area is 145 Å². The van der Waals surface area contributed by atoms with Gasteiger partial charge in [-0.1, -0.05) is 35.8 Å². The standard InChI is InChI=1S/C15H20BrN3O2.ClH/c1-9(2)14(17)15(21)18-8-13(20)19-6-5-10-3-4-11(16)7-12(10)19;/h3-4,7,9,14H,5-6,8,17H2,1-2H3,(H,18,21);1H/t14-;/m0./s1. The van der Waals surface area contributed by atoms with Crippen molar-refractivity contribution in [2.45, 2.75) is 26.3 Å². The van der Waals surface area contributed by atoms with Crippen LogP contribution in [-0.2, 0) is 16.0 Å². The number of rotatable bonds is 4. The van der Waals surface area contributed by atoms with Gasteiger partial charge in [0.2, 0.25) is 11.8 Å². The molecule has 1 aliphatic heterocycles. The van der Waals surface area contributed by atoms with Gasteiger partial charge in [0.1, 0.15) is 0 Å². The first-order valence-electron chi connectivity index (χ1n) is 7.02. The first-order chi connectivity index (χ1) is 9.90. The minimum absolute atomic E-state index is 0. The van der Waals surface area contributed by atoms with Gasteiger partial charge in [0.05, 0.1) is 12.6 Å². The number of fused-ring (bicyclic) bond motifs is 1. The van der Waals surface area contributed by atoms with Gasteiger partial charge in [0.15, 0.2) is 0 Å². The zero-order valence-corrected chi connectivity index (χ0v) is 15.0. The minimum atomic E-state index is -0.585. The molecule has 7 heteroatoms. The number of carbonyl (C=O) groups is 2. The largest absolute Gasteiger partial charge is 0.346 e. The summed E-state index contributed by atoms with van der Waals surface area (Å²) in [7, 11) is 0. The van der Waals surface area contributed by atoms with Crippen molar-refractivity contribution in [2.24, 2.45) is 11.7 Å². The molecular weight excluding hydrogens is 370 g/mol. The first-order valence-corrected chi connectivity index (χ1v) is 7.81. The Morgan fingerprint density at radius 2 is 2.09 bits per heavy atom. The van der Waals surface area contributed by atoms with E-state index >= 15 is 0 Å². The van der Waals surface area contributed by atoms with Gasteiger partial charge in [0, 0.05) is 16.7 Å². The Hall–Kier alpha value is -1.11. The molecule has 2 amide bonds. The van der Waals surface area contributed by atoms with Crippen molar-refractivity contribution in [2.75, 3.05) is 18.0 Å². The van der Waals surface area contributed by atoms with E-state index in [0.29, 0.717) is 6.54 Å². The van der Waals surface area contributed by atoms with Crippen LogP contribution in [0.15, 0.2) is 22.7 Å². The molecule has 122 valence electrons.